The SMILES string of the molecule is S=C(NCC1C=CC=C2N=c3sncc3=C21)Nc1ccccc1. The molecule has 0 bridgehead atoms. The molecule has 23 heavy (non-hydrogen) atoms. The van der Waals surface area contributed by atoms with Crippen LogP contribution in [-0.4, -0.2) is 16.0 Å². The molecule has 1 aromatic carbocycles. The zero-order valence-electron chi connectivity index (χ0n) is 12.2. The number of fused-ring (bicyclic) bond motifs is 2. The smallest absolute Gasteiger partial charge is 0.170 e. The van der Waals surface area contributed by atoms with Gasteiger partial charge in [0.25, 0.3) is 0 Å². The van der Waals surface area contributed by atoms with Gasteiger partial charge in [-0.05, 0) is 47.5 Å². The van der Waals surface area contributed by atoms with Crippen LogP contribution < -0.4 is 20.5 Å². The number of rotatable bonds is 3. The molecule has 0 fully saturated rings. The Morgan fingerprint density at radius 2 is 2.13 bits per heavy atom. The summed E-state index contributed by atoms with van der Waals surface area (Å²) in [5.74, 6) is 0.243. The lowest BCUT2D eigenvalue weighted by molar-refractivity contribution is 0.765. The first-order valence-corrected chi connectivity index (χ1v) is 8.52. The van der Waals surface area contributed by atoms with E-state index in [0.717, 1.165) is 27.8 Å². The minimum Gasteiger partial charge on any atom is -0.362 e. The third-order valence-electron chi connectivity index (χ3n) is 3.82. The molecular weight excluding hydrogens is 324 g/mol. The lowest BCUT2D eigenvalue weighted by Gasteiger charge is -2.20. The fourth-order valence-electron chi connectivity index (χ4n) is 2.77. The maximum absolute atomic E-state index is 5.38. The van der Waals surface area contributed by atoms with Crippen LogP contribution in [0.3, 0.4) is 0 Å². The van der Waals surface area contributed by atoms with E-state index in [4.69, 9.17) is 12.2 Å². The van der Waals surface area contributed by atoms with Gasteiger partial charge >= 0.3 is 0 Å². The van der Waals surface area contributed by atoms with Crippen LogP contribution in [0.5, 0.6) is 0 Å². The summed E-state index contributed by atoms with van der Waals surface area (Å²) in [5, 5.41) is 8.27. The van der Waals surface area contributed by atoms with Gasteiger partial charge in [0.05, 0.1) is 11.9 Å². The topological polar surface area (TPSA) is 49.3 Å². The maximum atomic E-state index is 5.38. The van der Waals surface area contributed by atoms with Crippen LogP contribution in [0.4, 0.5) is 5.69 Å². The Morgan fingerprint density at radius 3 is 3.00 bits per heavy atom. The molecule has 0 radical (unpaired) electrons. The highest BCUT2D eigenvalue weighted by Gasteiger charge is 2.23. The summed E-state index contributed by atoms with van der Waals surface area (Å²) in [5.41, 5.74) is 3.27. The molecule has 2 aliphatic rings. The zero-order valence-corrected chi connectivity index (χ0v) is 13.8. The summed E-state index contributed by atoms with van der Waals surface area (Å²) in [6, 6.07) is 9.92. The predicted molar refractivity (Wildman–Crippen MR) is 97.7 cm³/mol. The minimum atomic E-state index is 0.243. The molecule has 0 saturated heterocycles. The standard InChI is InChI=1S/C17H14N4S2/c22-17(20-12-6-2-1-3-7-12)18-9-11-5-4-8-14-15(11)13-10-19-23-16(13)21-14/h1-8,10-11H,9H2,(H2,18,20,22). The predicted octanol–water partition coefficient (Wildman–Crippen LogP) is 1.98. The number of benzene rings is 1. The molecule has 114 valence electrons. The van der Waals surface area contributed by atoms with Crippen molar-refractivity contribution in [2.75, 3.05) is 11.9 Å². The summed E-state index contributed by atoms with van der Waals surface area (Å²) in [4.78, 5) is 4.63. The van der Waals surface area contributed by atoms with Gasteiger partial charge < -0.3 is 10.6 Å². The van der Waals surface area contributed by atoms with E-state index in [1.807, 2.05) is 36.5 Å². The molecule has 1 atom stereocenters. The van der Waals surface area contributed by atoms with Crippen LogP contribution in [0.1, 0.15) is 0 Å². The molecule has 2 aromatic rings. The van der Waals surface area contributed by atoms with E-state index in [1.54, 1.807) is 0 Å². The van der Waals surface area contributed by atoms with E-state index in [1.165, 1.54) is 17.1 Å². The van der Waals surface area contributed by atoms with Gasteiger partial charge in [0.15, 0.2) is 5.11 Å². The lowest BCUT2D eigenvalue weighted by Crippen LogP contribution is -2.34. The van der Waals surface area contributed by atoms with Crippen molar-refractivity contribution in [3.05, 3.63) is 70.3 Å². The van der Waals surface area contributed by atoms with Crippen LogP contribution in [0.25, 0.3) is 5.57 Å². The Balaban J connectivity index is 1.47. The maximum Gasteiger partial charge on any atom is 0.170 e. The quantitative estimate of drug-likeness (QED) is 0.841. The molecule has 0 spiro atoms. The number of nitrogens with zero attached hydrogens (tertiary/aromatic N) is 2. The third-order valence-corrected chi connectivity index (χ3v) is 4.76. The van der Waals surface area contributed by atoms with Crippen molar-refractivity contribution >= 4 is 40.1 Å². The fraction of sp³-hybridized carbons (Fsp3) is 0.118. The van der Waals surface area contributed by atoms with Crippen molar-refractivity contribution in [1.82, 2.24) is 9.69 Å². The van der Waals surface area contributed by atoms with Crippen LogP contribution >= 0.6 is 23.8 Å². The monoisotopic (exact) mass is 338 g/mol. The highest BCUT2D eigenvalue weighted by Crippen LogP contribution is 2.27. The van der Waals surface area contributed by atoms with Gasteiger partial charge in [0, 0.05) is 23.4 Å². The summed E-state index contributed by atoms with van der Waals surface area (Å²) in [6.07, 6.45) is 8.21. The highest BCUT2D eigenvalue weighted by atomic mass is 32.1. The second-order valence-electron chi connectivity index (χ2n) is 5.31. The Labute approximate surface area is 143 Å². The van der Waals surface area contributed by atoms with Crippen LogP contribution in [-0.2, 0) is 0 Å². The molecule has 1 unspecified atom stereocenters. The van der Waals surface area contributed by atoms with E-state index < -0.39 is 0 Å². The van der Waals surface area contributed by atoms with Crippen molar-refractivity contribution in [3.63, 3.8) is 0 Å². The molecule has 2 heterocycles. The van der Waals surface area contributed by atoms with Crippen LogP contribution in [0.15, 0.2) is 65.4 Å². The molecule has 1 aliphatic heterocycles. The highest BCUT2D eigenvalue weighted by molar-refractivity contribution is 7.80. The normalized spacial score (nSPS) is 17.8. The number of allylic oxidation sites excluding steroid dienone is 3. The van der Waals surface area contributed by atoms with Gasteiger partial charge in [0.1, 0.15) is 4.67 Å². The summed E-state index contributed by atoms with van der Waals surface area (Å²) >= 11 is 6.82. The number of nitrogens with one attached hydrogen (secondary N) is 2. The first-order chi connectivity index (χ1) is 11.3. The Bertz CT molecular complexity index is 925. The fourth-order valence-corrected chi connectivity index (χ4v) is 3.63. The molecule has 0 saturated carbocycles. The van der Waals surface area contributed by atoms with E-state index in [-0.39, 0.29) is 5.92 Å². The van der Waals surface area contributed by atoms with Crippen molar-refractivity contribution in [2.24, 2.45) is 10.9 Å². The molecule has 2 N–H and O–H groups in total. The first kappa shape index (κ1) is 14.3. The second-order valence-corrected chi connectivity index (χ2v) is 6.50. The molecular formula is C17H14N4S2. The number of hydrogen-bond acceptors (Lipinski definition) is 4. The van der Waals surface area contributed by atoms with Crippen molar-refractivity contribution in [1.29, 1.82) is 0 Å². The van der Waals surface area contributed by atoms with Gasteiger partial charge in [-0.15, -0.1) is 0 Å². The van der Waals surface area contributed by atoms with E-state index in [2.05, 4.69) is 38.2 Å². The number of anilines is 1. The van der Waals surface area contributed by atoms with Crippen LogP contribution in [0, 0.1) is 5.92 Å². The Hall–Kier alpha value is -2.31. The summed E-state index contributed by atoms with van der Waals surface area (Å²) in [7, 11) is 0. The largest absolute Gasteiger partial charge is 0.362 e. The van der Waals surface area contributed by atoms with E-state index in [0.29, 0.717) is 5.11 Å². The number of para-hydroxylation sites is 1. The zero-order chi connectivity index (χ0) is 15.6. The van der Waals surface area contributed by atoms with Gasteiger partial charge in [-0.1, -0.05) is 30.4 Å². The summed E-state index contributed by atoms with van der Waals surface area (Å²) < 4.78 is 5.24. The van der Waals surface area contributed by atoms with Gasteiger partial charge in [0.2, 0.25) is 0 Å². The number of aromatic nitrogens is 1. The molecule has 4 rings (SSSR count). The molecule has 0 amide bonds. The average Bonchev–Trinajstić information content (AvgIpc) is 3.14. The van der Waals surface area contributed by atoms with E-state index in [9.17, 15) is 0 Å². The number of hydrogen-bond donors (Lipinski definition) is 2. The van der Waals surface area contributed by atoms with Gasteiger partial charge in [-0.3, -0.25) is 0 Å². The second kappa shape index (κ2) is 6.06. The molecule has 1 aliphatic carbocycles. The number of thiocarbonyl (C=S) groups is 1. The first-order valence-electron chi connectivity index (χ1n) is 7.33. The Morgan fingerprint density at radius 1 is 1.26 bits per heavy atom. The van der Waals surface area contributed by atoms with Crippen molar-refractivity contribution < 1.29 is 0 Å². The average molecular weight is 338 g/mol. The van der Waals surface area contributed by atoms with Crippen LogP contribution in [0.2, 0.25) is 0 Å². The summed E-state index contributed by atoms with van der Waals surface area (Å²) in [6.45, 7) is 0.729. The lowest BCUT2D eigenvalue weighted by atomic mass is 9.92. The van der Waals surface area contributed by atoms with Gasteiger partial charge in [-0.2, -0.15) is 4.37 Å². The van der Waals surface area contributed by atoms with Gasteiger partial charge in [-0.25, -0.2) is 4.99 Å². The minimum absolute atomic E-state index is 0.243. The molecule has 1 aromatic heterocycles. The van der Waals surface area contributed by atoms with Crippen molar-refractivity contribution in [3.8, 4) is 0 Å². The molecule has 4 nitrogen and oxygen atoms in total. The third kappa shape index (κ3) is 2.83. The Kier molecular flexibility index (Phi) is 3.77. The van der Waals surface area contributed by atoms with Crippen molar-refractivity contribution in [2.45, 2.75) is 0 Å². The van der Waals surface area contributed by atoms with E-state index >= 15 is 0 Å². The molecule has 6 heteroatoms.